The third-order valence-electron chi connectivity index (χ3n) is 5.37. The first-order chi connectivity index (χ1) is 14.5. The molecule has 1 aliphatic heterocycles. The van der Waals surface area contributed by atoms with E-state index in [1.165, 1.54) is 11.3 Å². The third-order valence-corrected chi connectivity index (χ3v) is 6.32. The number of fused-ring (bicyclic) bond motifs is 1. The number of thiazole rings is 1. The van der Waals surface area contributed by atoms with E-state index in [0.29, 0.717) is 34.7 Å². The quantitative estimate of drug-likeness (QED) is 0.677. The molecule has 2 aromatic heterocycles. The molecule has 2 aliphatic rings. The number of aromatic nitrogens is 2. The number of benzene rings is 1. The number of amides is 2. The molecule has 1 fully saturated rings. The zero-order chi connectivity index (χ0) is 20.8. The maximum absolute atomic E-state index is 13.1. The fraction of sp³-hybridized carbons (Fsp3) is 0.273. The van der Waals surface area contributed by atoms with Gasteiger partial charge in [-0.3, -0.25) is 19.9 Å². The second-order valence-electron chi connectivity index (χ2n) is 7.48. The number of pyridine rings is 1. The molecule has 5 rings (SSSR count). The van der Waals surface area contributed by atoms with Crippen molar-refractivity contribution in [2.24, 2.45) is 0 Å². The van der Waals surface area contributed by atoms with E-state index in [1.54, 1.807) is 13.3 Å². The zero-order valence-corrected chi connectivity index (χ0v) is 17.5. The van der Waals surface area contributed by atoms with Gasteiger partial charge in [-0.25, -0.2) is 4.98 Å². The van der Waals surface area contributed by atoms with Gasteiger partial charge in [-0.05, 0) is 31.9 Å². The minimum absolute atomic E-state index is 0.0315. The van der Waals surface area contributed by atoms with E-state index >= 15 is 0 Å². The van der Waals surface area contributed by atoms with Crippen molar-refractivity contribution in [3.05, 3.63) is 58.4 Å². The molecule has 1 aromatic carbocycles. The lowest BCUT2D eigenvalue weighted by molar-refractivity contribution is 0.0762. The van der Waals surface area contributed by atoms with Crippen LogP contribution in [0.15, 0.2) is 36.5 Å². The highest BCUT2D eigenvalue weighted by Crippen LogP contribution is 2.38. The number of para-hydroxylation sites is 1. The highest BCUT2D eigenvalue weighted by atomic mass is 32.1. The van der Waals surface area contributed by atoms with Crippen molar-refractivity contribution in [1.29, 1.82) is 0 Å². The summed E-state index contributed by atoms with van der Waals surface area (Å²) in [6.07, 6.45) is 3.70. The zero-order valence-electron chi connectivity index (χ0n) is 16.6. The van der Waals surface area contributed by atoms with Gasteiger partial charge in [0.1, 0.15) is 11.4 Å². The summed E-state index contributed by atoms with van der Waals surface area (Å²) < 4.78 is 5.48. The van der Waals surface area contributed by atoms with Crippen molar-refractivity contribution in [3.8, 4) is 16.9 Å². The van der Waals surface area contributed by atoms with Crippen molar-refractivity contribution >= 4 is 28.3 Å². The van der Waals surface area contributed by atoms with Gasteiger partial charge in [-0.2, -0.15) is 0 Å². The van der Waals surface area contributed by atoms with Crippen LogP contribution in [0.2, 0.25) is 0 Å². The van der Waals surface area contributed by atoms with Crippen molar-refractivity contribution in [2.45, 2.75) is 32.4 Å². The minimum atomic E-state index is -0.317. The molecule has 152 valence electrons. The van der Waals surface area contributed by atoms with Crippen molar-refractivity contribution in [1.82, 2.24) is 14.9 Å². The molecule has 0 atom stereocenters. The summed E-state index contributed by atoms with van der Waals surface area (Å²) in [6.45, 7) is 2.47. The van der Waals surface area contributed by atoms with Gasteiger partial charge < -0.3 is 9.64 Å². The van der Waals surface area contributed by atoms with Crippen LogP contribution in [-0.2, 0) is 6.54 Å². The number of hydrogen-bond acceptors (Lipinski definition) is 6. The van der Waals surface area contributed by atoms with Crippen LogP contribution in [-0.4, -0.2) is 39.8 Å². The maximum atomic E-state index is 13.1. The van der Waals surface area contributed by atoms with Gasteiger partial charge in [-0.1, -0.05) is 29.5 Å². The molecule has 0 radical (unpaired) electrons. The van der Waals surface area contributed by atoms with Gasteiger partial charge in [0.05, 0.1) is 24.1 Å². The van der Waals surface area contributed by atoms with Gasteiger partial charge >= 0.3 is 0 Å². The van der Waals surface area contributed by atoms with Gasteiger partial charge in [0.2, 0.25) is 0 Å². The van der Waals surface area contributed by atoms with Crippen LogP contribution >= 0.6 is 11.3 Å². The van der Waals surface area contributed by atoms with Crippen molar-refractivity contribution < 1.29 is 14.3 Å². The number of rotatable bonds is 5. The number of ether oxygens (including phenoxy) is 1. The summed E-state index contributed by atoms with van der Waals surface area (Å²) in [5.74, 6) is 0.328. The number of aryl methyl sites for hydroxylation is 1. The Morgan fingerprint density at radius 2 is 2.07 bits per heavy atom. The predicted molar refractivity (Wildman–Crippen MR) is 114 cm³/mol. The first-order valence-corrected chi connectivity index (χ1v) is 10.6. The number of anilines is 1. The number of nitrogens with zero attached hydrogens (tertiary/aromatic N) is 3. The second-order valence-corrected chi connectivity index (χ2v) is 8.56. The maximum Gasteiger partial charge on any atom is 0.274 e. The Hall–Kier alpha value is -3.26. The molecule has 1 N–H and O–H groups in total. The van der Waals surface area contributed by atoms with E-state index in [9.17, 15) is 9.59 Å². The first-order valence-electron chi connectivity index (χ1n) is 9.77. The summed E-state index contributed by atoms with van der Waals surface area (Å²) in [6, 6.07) is 9.78. The number of methoxy groups -OCH3 is 1. The third kappa shape index (κ3) is 3.23. The van der Waals surface area contributed by atoms with Gasteiger partial charge in [0.15, 0.2) is 5.13 Å². The molecule has 8 heteroatoms. The van der Waals surface area contributed by atoms with Crippen molar-refractivity contribution in [2.75, 3.05) is 12.4 Å². The summed E-state index contributed by atoms with van der Waals surface area (Å²) in [5, 5.41) is 3.28. The number of hydrogen-bond donors (Lipinski definition) is 1. The van der Waals surface area contributed by atoms with E-state index in [-0.39, 0.29) is 11.8 Å². The summed E-state index contributed by atoms with van der Waals surface area (Å²) in [5.41, 5.74) is 3.23. The lowest BCUT2D eigenvalue weighted by atomic mass is 9.99. The molecule has 30 heavy (non-hydrogen) atoms. The van der Waals surface area contributed by atoms with Crippen LogP contribution in [0, 0.1) is 6.92 Å². The van der Waals surface area contributed by atoms with E-state index in [4.69, 9.17) is 4.74 Å². The predicted octanol–water partition coefficient (Wildman–Crippen LogP) is 3.89. The Morgan fingerprint density at radius 3 is 2.80 bits per heavy atom. The average molecular weight is 420 g/mol. The largest absolute Gasteiger partial charge is 0.496 e. The molecule has 0 saturated heterocycles. The number of nitrogens with one attached hydrogen (secondary N) is 1. The molecule has 1 aliphatic carbocycles. The molecule has 2 amide bonds. The molecule has 3 aromatic rings. The highest BCUT2D eigenvalue weighted by molar-refractivity contribution is 7.16. The van der Waals surface area contributed by atoms with Gasteiger partial charge in [-0.15, -0.1) is 0 Å². The van der Waals surface area contributed by atoms with E-state index in [2.05, 4.69) is 15.3 Å². The molecule has 0 unspecified atom stereocenters. The monoisotopic (exact) mass is 420 g/mol. The van der Waals surface area contributed by atoms with Crippen molar-refractivity contribution in [3.63, 3.8) is 0 Å². The van der Waals surface area contributed by atoms with Crippen LogP contribution in [0.25, 0.3) is 11.1 Å². The average Bonchev–Trinajstić information content (AvgIpc) is 3.45. The van der Waals surface area contributed by atoms with E-state index in [0.717, 1.165) is 34.5 Å². The fourth-order valence-electron chi connectivity index (χ4n) is 3.72. The van der Waals surface area contributed by atoms with E-state index in [1.807, 2.05) is 42.2 Å². The van der Waals surface area contributed by atoms with Gasteiger partial charge in [0, 0.05) is 29.1 Å². The molecular formula is C22H20N4O3S. The molecule has 0 spiro atoms. The molecule has 0 bridgehead atoms. The molecular weight excluding hydrogens is 400 g/mol. The Kier molecular flexibility index (Phi) is 4.51. The molecule has 3 heterocycles. The smallest absolute Gasteiger partial charge is 0.274 e. The Balaban J connectivity index is 1.44. The second kappa shape index (κ2) is 7.21. The highest BCUT2D eigenvalue weighted by Gasteiger charge is 2.40. The SMILES string of the molecule is COc1ccccc1-c1cc(C)ncc1C(=O)Nc1nc2c(s1)CN(C1CC1)C2=O. The summed E-state index contributed by atoms with van der Waals surface area (Å²) in [7, 11) is 1.60. The first kappa shape index (κ1) is 18.7. The molecule has 7 nitrogen and oxygen atoms in total. The van der Waals surface area contributed by atoms with Crippen LogP contribution in [0.5, 0.6) is 5.75 Å². The van der Waals surface area contributed by atoms with E-state index < -0.39 is 0 Å². The Labute approximate surface area is 177 Å². The lowest BCUT2D eigenvalue weighted by Gasteiger charge is -2.14. The summed E-state index contributed by atoms with van der Waals surface area (Å²) >= 11 is 1.36. The van der Waals surface area contributed by atoms with Crippen LogP contribution < -0.4 is 10.1 Å². The van der Waals surface area contributed by atoms with Gasteiger partial charge in [0.25, 0.3) is 11.8 Å². The summed E-state index contributed by atoms with van der Waals surface area (Å²) in [4.78, 5) is 37.1. The standard InChI is InChI=1S/C22H20N4O3S/c1-12-9-15(14-5-3-4-6-17(14)29-2)16(10-23-12)20(27)25-22-24-19-18(30-22)11-26(21(19)28)13-7-8-13/h3-6,9-10,13H,7-8,11H2,1-2H3,(H,24,25,27). The fourth-order valence-corrected chi connectivity index (χ4v) is 4.67. The van der Waals surface area contributed by atoms with Crippen LogP contribution in [0.4, 0.5) is 5.13 Å². The van der Waals surface area contributed by atoms with Crippen LogP contribution in [0.1, 0.15) is 44.3 Å². The minimum Gasteiger partial charge on any atom is -0.496 e. The number of carbonyl (C=O) groups is 2. The van der Waals surface area contributed by atoms with Crippen LogP contribution in [0.3, 0.4) is 0 Å². The normalized spacial score (nSPS) is 15.3. The lowest BCUT2D eigenvalue weighted by Crippen LogP contribution is -2.26. The molecule has 1 saturated carbocycles. The number of carbonyl (C=O) groups excluding carboxylic acids is 2. The topological polar surface area (TPSA) is 84.4 Å². The Morgan fingerprint density at radius 1 is 1.27 bits per heavy atom. The Bertz CT molecular complexity index is 1170.